The minimum Gasteiger partial charge on any atom is -0.379 e. The van der Waals surface area contributed by atoms with Crippen molar-refractivity contribution in [3.8, 4) is 0 Å². The van der Waals surface area contributed by atoms with Gasteiger partial charge in [-0.1, -0.05) is 36.4 Å². The van der Waals surface area contributed by atoms with Crippen molar-refractivity contribution in [2.24, 2.45) is 0 Å². The van der Waals surface area contributed by atoms with Crippen molar-refractivity contribution in [1.29, 1.82) is 0 Å². The summed E-state index contributed by atoms with van der Waals surface area (Å²) in [6.07, 6.45) is 3.30. The molecule has 4 nitrogen and oxygen atoms in total. The maximum atomic E-state index is 12.3. The summed E-state index contributed by atoms with van der Waals surface area (Å²) < 4.78 is 11.1. The molecular weight excluding hydrogens is 290 g/mol. The predicted octanol–water partition coefficient (Wildman–Crippen LogP) is 3.16. The van der Waals surface area contributed by atoms with Crippen molar-refractivity contribution in [3.63, 3.8) is 0 Å². The summed E-state index contributed by atoms with van der Waals surface area (Å²) in [7, 11) is 0. The number of amides is 1. The summed E-state index contributed by atoms with van der Waals surface area (Å²) in [4.78, 5) is 12.3. The molecule has 0 spiro atoms. The molecule has 1 N–H and O–H groups in total. The second kappa shape index (κ2) is 8.09. The molecular formula is C19H23NO3. The first-order valence-electron chi connectivity index (χ1n) is 8.30. The van der Waals surface area contributed by atoms with E-state index in [0.717, 1.165) is 42.2 Å². The fourth-order valence-electron chi connectivity index (χ4n) is 2.89. The summed E-state index contributed by atoms with van der Waals surface area (Å²) >= 11 is 0. The van der Waals surface area contributed by atoms with Gasteiger partial charge in [-0.3, -0.25) is 4.79 Å². The minimum atomic E-state index is -0.0269. The minimum absolute atomic E-state index is 0.0269. The first-order valence-corrected chi connectivity index (χ1v) is 8.30. The molecule has 1 aliphatic rings. The number of carbonyl (C=O) groups excluding carboxylic acids is 1. The molecule has 1 aliphatic heterocycles. The molecule has 4 heteroatoms. The smallest absolute Gasteiger partial charge is 0.251 e. The first kappa shape index (κ1) is 16.0. The van der Waals surface area contributed by atoms with Crippen LogP contribution in [0.25, 0.3) is 10.8 Å². The molecule has 122 valence electrons. The lowest BCUT2D eigenvalue weighted by molar-refractivity contribution is 0.0166. The van der Waals surface area contributed by atoms with Gasteiger partial charge in [0.25, 0.3) is 5.91 Å². The maximum Gasteiger partial charge on any atom is 0.251 e. The highest BCUT2D eigenvalue weighted by molar-refractivity contribution is 6.06. The maximum absolute atomic E-state index is 12.3. The van der Waals surface area contributed by atoms with Crippen LogP contribution in [0.3, 0.4) is 0 Å². The van der Waals surface area contributed by atoms with Gasteiger partial charge in [-0.15, -0.1) is 0 Å². The molecule has 1 heterocycles. The van der Waals surface area contributed by atoms with Gasteiger partial charge in [0.15, 0.2) is 0 Å². The number of carbonyl (C=O) groups is 1. The zero-order valence-corrected chi connectivity index (χ0v) is 13.3. The quantitative estimate of drug-likeness (QED) is 0.799. The van der Waals surface area contributed by atoms with Gasteiger partial charge in [0.05, 0.1) is 12.7 Å². The van der Waals surface area contributed by atoms with E-state index >= 15 is 0 Å². The van der Waals surface area contributed by atoms with Gasteiger partial charge in [0.2, 0.25) is 0 Å². The summed E-state index contributed by atoms with van der Waals surface area (Å²) in [6.45, 7) is 2.79. The van der Waals surface area contributed by atoms with E-state index in [1.165, 1.54) is 0 Å². The molecule has 2 aromatic carbocycles. The monoisotopic (exact) mass is 313 g/mol. The van der Waals surface area contributed by atoms with Crippen LogP contribution in [0.15, 0.2) is 42.5 Å². The highest BCUT2D eigenvalue weighted by atomic mass is 16.5. The molecule has 1 fully saturated rings. The molecule has 0 saturated carbocycles. The van der Waals surface area contributed by atoms with Gasteiger partial charge in [0, 0.05) is 25.3 Å². The van der Waals surface area contributed by atoms with Crippen molar-refractivity contribution in [3.05, 3.63) is 48.0 Å². The lowest BCUT2D eigenvalue weighted by Crippen LogP contribution is -2.26. The van der Waals surface area contributed by atoms with Crippen LogP contribution in [-0.2, 0) is 9.47 Å². The zero-order valence-electron chi connectivity index (χ0n) is 13.3. The number of benzene rings is 2. The van der Waals surface area contributed by atoms with E-state index in [9.17, 15) is 4.79 Å². The Morgan fingerprint density at radius 3 is 2.96 bits per heavy atom. The first-order chi connectivity index (χ1) is 11.3. The number of nitrogens with one attached hydrogen (secondary N) is 1. The van der Waals surface area contributed by atoms with E-state index < -0.39 is 0 Å². The van der Waals surface area contributed by atoms with Crippen LogP contribution >= 0.6 is 0 Å². The Labute approximate surface area is 136 Å². The fraction of sp³-hybridized carbons (Fsp3) is 0.421. The largest absolute Gasteiger partial charge is 0.379 e. The van der Waals surface area contributed by atoms with Crippen LogP contribution in [0, 0.1) is 0 Å². The summed E-state index contributed by atoms with van der Waals surface area (Å²) in [5.41, 5.74) is 0.725. The van der Waals surface area contributed by atoms with Crippen LogP contribution < -0.4 is 5.32 Å². The molecule has 1 unspecified atom stereocenters. The number of fused-ring (bicyclic) bond motifs is 1. The Kier molecular flexibility index (Phi) is 5.61. The van der Waals surface area contributed by atoms with Gasteiger partial charge in [-0.2, -0.15) is 0 Å². The molecule has 1 amide bonds. The molecule has 0 aliphatic carbocycles. The molecule has 1 atom stereocenters. The number of rotatable bonds is 7. The van der Waals surface area contributed by atoms with Gasteiger partial charge in [0.1, 0.15) is 0 Å². The zero-order chi connectivity index (χ0) is 15.9. The summed E-state index contributed by atoms with van der Waals surface area (Å²) in [6, 6.07) is 13.7. The average Bonchev–Trinajstić information content (AvgIpc) is 3.10. The Morgan fingerprint density at radius 1 is 1.22 bits per heavy atom. The molecule has 1 saturated heterocycles. The van der Waals surface area contributed by atoms with Crippen molar-refractivity contribution < 1.29 is 14.3 Å². The molecule has 0 bridgehead atoms. The molecule has 2 aromatic rings. The van der Waals surface area contributed by atoms with Gasteiger partial charge < -0.3 is 14.8 Å². The van der Waals surface area contributed by atoms with Crippen LogP contribution in [0.1, 0.15) is 29.6 Å². The summed E-state index contributed by atoms with van der Waals surface area (Å²) in [5, 5.41) is 5.04. The summed E-state index contributed by atoms with van der Waals surface area (Å²) in [5.74, 6) is -0.0269. The van der Waals surface area contributed by atoms with E-state index in [4.69, 9.17) is 9.47 Å². The fourth-order valence-corrected chi connectivity index (χ4v) is 2.89. The topological polar surface area (TPSA) is 47.6 Å². The highest BCUT2D eigenvalue weighted by Gasteiger charge is 2.15. The van der Waals surface area contributed by atoms with Gasteiger partial charge >= 0.3 is 0 Å². The second-order valence-electron chi connectivity index (χ2n) is 5.85. The van der Waals surface area contributed by atoms with E-state index in [-0.39, 0.29) is 12.0 Å². The molecule has 23 heavy (non-hydrogen) atoms. The van der Waals surface area contributed by atoms with Crippen molar-refractivity contribution in [1.82, 2.24) is 5.32 Å². The lowest BCUT2D eigenvalue weighted by atomic mass is 10.0. The molecule has 3 rings (SSSR count). The third-order valence-electron chi connectivity index (χ3n) is 4.11. The Hall–Kier alpha value is -1.91. The Balaban J connectivity index is 1.42. The van der Waals surface area contributed by atoms with E-state index in [1.807, 2.05) is 42.5 Å². The average molecular weight is 313 g/mol. The molecule has 0 radical (unpaired) electrons. The number of hydrogen-bond acceptors (Lipinski definition) is 3. The highest BCUT2D eigenvalue weighted by Crippen LogP contribution is 2.18. The second-order valence-corrected chi connectivity index (χ2v) is 5.85. The van der Waals surface area contributed by atoms with E-state index in [2.05, 4.69) is 5.32 Å². The Bertz CT molecular complexity index is 645. The predicted molar refractivity (Wildman–Crippen MR) is 90.7 cm³/mol. The number of hydrogen-bond donors (Lipinski definition) is 1. The van der Waals surface area contributed by atoms with E-state index in [0.29, 0.717) is 19.8 Å². The third-order valence-corrected chi connectivity index (χ3v) is 4.11. The van der Waals surface area contributed by atoms with Crippen LogP contribution in [0.5, 0.6) is 0 Å². The van der Waals surface area contributed by atoms with Crippen molar-refractivity contribution >= 4 is 16.7 Å². The normalized spacial score (nSPS) is 17.5. The van der Waals surface area contributed by atoms with Crippen molar-refractivity contribution in [2.75, 3.05) is 26.4 Å². The number of ether oxygens (including phenoxy) is 2. The van der Waals surface area contributed by atoms with E-state index in [1.54, 1.807) is 0 Å². The Morgan fingerprint density at radius 2 is 2.09 bits per heavy atom. The van der Waals surface area contributed by atoms with Crippen LogP contribution in [0.2, 0.25) is 0 Å². The molecule has 0 aromatic heterocycles. The van der Waals surface area contributed by atoms with Gasteiger partial charge in [-0.05, 0) is 36.1 Å². The standard InChI is InChI=1S/C19H23NO3/c21-19(18-10-3-7-15-6-1-2-9-17(15)18)20-11-5-12-22-14-16-8-4-13-23-16/h1-3,6-7,9-10,16H,4-5,8,11-14H2,(H,20,21). The van der Waals surface area contributed by atoms with Crippen LogP contribution in [-0.4, -0.2) is 38.4 Å². The third kappa shape index (κ3) is 4.30. The van der Waals surface area contributed by atoms with Crippen molar-refractivity contribution in [2.45, 2.75) is 25.4 Å². The van der Waals surface area contributed by atoms with Gasteiger partial charge in [-0.25, -0.2) is 0 Å². The SMILES string of the molecule is O=C(NCCCOCC1CCCO1)c1cccc2ccccc12. The van der Waals surface area contributed by atoms with Crippen LogP contribution in [0.4, 0.5) is 0 Å². The lowest BCUT2D eigenvalue weighted by Gasteiger charge is -2.11.